The van der Waals surface area contributed by atoms with E-state index < -0.39 is 0 Å². The molecule has 0 N–H and O–H groups in total. The lowest BCUT2D eigenvalue weighted by Crippen LogP contribution is -2.35. The molecule has 1 aliphatic heterocycles. The van der Waals surface area contributed by atoms with Crippen LogP contribution in [0.3, 0.4) is 0 Å². The fourth-order valence-corrected chi connectivity index (χ4v) is 3.94. The molecule has 1 nitrogen and oxygen atoms in total. The van der Waals surface area contributed by atoms with Crippen LogP contribution in [0.5, 0.6) is 0 Å². The summed E-state index contributed by atoms with van der Waals surface area (Å²) in [6.07, 6.45) is 5.63. The van der Waals surface area contributed by atoms with Crippen molar-refractivity contribution in [3.8, 4) is 0 Å². The van der Waals surface area contributed by atoms with Crippen LogP contribution in [0.4, 0.5) is 5.69 Å². The van der Waals surface area contributed by atoms with Gasteiger partial charge in [0.05, 0.1) is 0 Å². The average Bonchev–Trinajstić information content (AvgIpc) is 2.39. The van der Waals surface area contributed by atoms with Crippen LogP contribution < -0.4 is 4.90 Å². The first-order valence-electron chi connectivity index (χ1n) is 8.28. The van der Waals surface area contributed by atoms with Gasteiger partial charge in [-0.25, -0.2) is 0 Å². The lowest BCUT2D eigenvalue weighted by atomic mass is 9.72. The standard InChI is InChI=1S/C20H31N/c1-8-12-19(4,5)16-10-11-17-18(15(16)3)21(9-2)14-13-20(17,6)7/h9-11H,2,8,12-14H2,1,3-7H3. The van der Waals surface area contributed by atoms with E-state index in [4.69, 9.17) is 0 Å². The van der Waals surface area contributed by atoms with Crippen LogP contribution in [0.1, 0.15) is 70.6 Å². The van der Waals surface area contributed by atoms with Crippen LogP contribution in [0.15, 0.2) is 24.9 Å². The number of anilines is 1. The minimum absolute atomic E-state index is 0.238. The predicted molar refractivity (Wildman–Crippen MR) is 94.3 cm³/mol. The van der Waals surface area contributed by atoms with E-state index in [-0.39, 0.29) is 10.8 Å². The summed E-state index contributed by atoms with van der Waals surface area (Å²) in [6, 6.07) is 4.74. The largest absolute Gasteiger partial charge is 0.348 e. The first-order chi connectivity index (χ1) is 9.74. The zero-order valence-corrected chi connectivity index (χ0v) is 14.7. The van der Waals surface area contributed by atoms with E-state index >= 15 is 0 Å². The van der Waals surface area contributed by atoms with Crippen LogP contribution in [-0.4, -0.2) is 6.54 Å². The molecule has 0 radical (unpaired) electrons. The third kappa shape index (κ3) is 2.75. The number of hydrogen-bond donors (Lipinski definition) is 0. The number of fused-ring (bicyclic) bond motifs is 1. The van der Waals surface area contributed by atoms with E-state index in [2.05, 4.69) is 65.2 Å². The Hall–Kier alpha value is -1.24. The first kappa shape index (κ1) is 16.1. The topological polar surface area (TPSA) is 3.24 Å². The Morgan fingerprint density at radius 1 is 1.33 bits per heavy atom. The molecular formula is C20H31N. The Kier molecular flexibility index (Phi) is 4.24. The minimum Gasteiger partial charge on any atom is -0.348 e. The Morgan fingerprint density at radius 3 is 2.57 bits per heavy atom. The highest BCUT2D eigenvalue weighted by atomic mass is 15.1. The fraction of sp³-hybridized carbons (Fsp3) is 0.600. The van der Waals surface area contributed by atoms with E-state index in [1.54, 1.807) is 0 Å². The van der Waals surface area contributed by atoms with E-state index in [1.165, 1.54) is 41.6 Å². The second kappa shape index (κ2) is 5.51. The molecular weight excluding hydrogens is 254 g/mol. The van der Waals surface area contributed by atoms with Gasteiger partial charge in [0.1, 0.15) is 0 Å². The number of benzene rings is 1. The van der Waals surface area contributed by atoms with Gasteiger partial charge in [-0.15, -0.1) is 0 Å². The molecule has 1 heterocycles. The number of nitrogens with zero attached hydrogens (tertiary/aromatic N) is 1. The summed E-state index contributed by atoms with van der Waals surface area (Å²) >= 11 is 0. The molecule has 21 heavy (non-hydrogen) atoms. The molecule has 1 aromatic rings. The van der Waals surface area contributed by atoms with Crippen LogP contribution in [0.2, 0.25) is 0 Å². The smallest absolute Gasteiger partial charge is 0.0476 e. The van der Waals surface area contributed by atoms with Gasteiger partial charge in [0.25, 0.3) is 0 Å². The van der Waals surface area contributed by atoms with Gasteiger partial charge in [-0.05, 0) is 53.5 Å². The Balaban J connectivity index is 2.63. The molecule has 0 amide bonds. The molecule has 1 aromatic carbocycles. The lowest BCUT2D eigenvalue weighted by molar-refractivity contribution is 0.455. The van der Waals surface area contributed by atoms with Gasteiger partial charge < -0.3 is 4.90 Å². The summed E-state index contributed by atoms with van der Waals surface area (Å²) in [5, 5.41) is 0. The second-order valence-electron chi connectivity index (χ2n) is 7.78. The van der Waals surface area contributed by atoms with Crippen molar-refractivity contribution in [2.45, 2.75) is 71.6 Å². The van der Waals surface area contributed by atoms with E-state index in [0.717, 1.165) is 6.54 Å². The third-order valence-electron chi connectivity index (χ3n) is 5.25. The minimum atomic E-state index is 0.238. The first-order valence-corrected chi connectivity index (χ1v) is 8.28. The molecule has 2 rings (SSSR count). The summed E-state index contributed by atoms with van der Waals surface area (Å²) < 4.78 is 0. The highest BCUT2D eigenvalue weighted by Crippen LogP contribution is 2.45. The van der Waals surface area contributed by atoms with Gasteiger partial charge >= 0.3 is 0 Å². The molecule has 0 fully saturated rings. The van der Waals surface area contributed by atoms with Crippen molar-refractivity contribution in [1.82, 2.24) is 0 Å². The zero-order valence-electron chi connectivity index (χ0n) is 14.7. The molecule has 0 aromatic heterocycles. The fourth-order valence-electron chi connectivity index (χ4n) is 3.94. The normalized spacial score (nSPS) is 17.5. The summed E-state index contributed by atoms with van der Waals surface area (Å²) in [7, 11) is 0. The van der Waals surface area contributed by atoms with Crippen molar-refractivity contribution in [2.75, 3.05) is 11.4 Å². The van der Waals surface area contributed by atoms with Crippen molar-refractivity contribution in [1.29, 1.82) is 0 Å². The van der Waals surface area contributed by atoms with Crippen LogP contribution in [0, 0.1) is 6.92 Å². The molecule has 0 atom stereocenters. The predicted octanol–water partition coefficient (Wildman–Crippen LogP) is 5.70. The SMILES string of the molecule is C=CN1CCC(C)(C)c2ccc(C(C)(C)CCC)c(C)c21. The van der Waals surface area contributed by atoms with E-state index in [0.29, 0.717) is 0 Å². The maximum Gasteiger partial charge on any atom is 0.0476 e. The van der Waals surface area contributed by atoms with Gasteiger partial charge in [-0.3, -0.25) is 0 Å². The summed E-state index contributed by atoms with van der Waals surface area (Å²) in [6.45, 7) is 19.1. The van der Waals surface area contributed by atoms with E-state index in [1.807, 2.05) is 6.20 Å². The zero-order chi connectivity index (χ0) is 15.8. The molecule has 0 bridgehead atoms. The average molecular weight is 285 g/mol. The van der Waals surface area contributed by atoms with Crippen LogP contribution in [-0.2, 0) is 10.8 Å². The third-order valence-corrected chi connectivity index (χ3v) is 5.25. The summed E-state index contributed by atoms with van der Waals surface area (Å²) in [5.41, 5.74) is 6.31. The molecule has 0 aliphatic carbocycles. The van der Waals surface area contributed by atoms with Crippen molar-refractivity contribution < 1.29 is 0 Å². The van der Waals surface area contributed by atoms with Gasteiger partial charge in [0.2, 0.25) is 0 Å². The van der Waals surface area contributed by atoms with Crippen LogP contribution in [0.25, 0.3) is 0 Å². The second-order valence-corrected chi connectivity index (χ2v) is 7.78. The van der Waals surface area contributed by atoms with E-state index in [9.17, 15) is 0 Å². The Morgan fingerprint density at radius 2 is 2.00 bits per heavy atom. The highest BCUT2D eigenvalue weighted by molar-refractivity contribution is 5.68. The van der Waals surface area contributed by atoms with Gasteiger partial charge in [0, 0.05) is 12.2 Å². The molecule has 0 spiro atoms. The van der Waals surface area contributed by atoms with Gasteiger partial charge in [-0.2, -0.15) is 0 Å². The molecule has 1 aliphatic rings. The van der Waals surface area contributed by atoms with Crippen LogP contribution >= 0.6 is 0 Å². The van der Waals surface area contributed by atoms with Gasteiger partial charge in [-0.1, -0.05) is 59.8 Å². The van der Waals surface area contributed by atoms with Crippen molar-refractivity contribution in [2.24, 2.45) is 0 Å². The highest BCUT2D eigenvalue weighted by Gasteiger charge is 2.33. The van der Waals surface area contributed by atoms with Gasteiger partial charge in [0.15, 0.2) is 0 Å². The molecule has 116 valence electrons. The maximum atomic E-state index is 4.03. The Bertz CT molecular complexity index is 537. The quantitative estimate of drug-likeness (QED) is 0.685. The molecule has 1 heteroatoms. The molecule has 0 saturated carbocycles. The summed E-state index contributed by atoms with van der Waals surface area (Å²) in [5.74, 6) is 0. The summed E-state index contributed by atoms with van der Waals surface area (Å²) in [4.78, 5) is 2.35. The van der Waals surface area contributed by atoms with Crippen molar-refractivity contribution in [3.05, 3.63) is 41.6 Å². The van der Waals surface area contributed by atoms with Crippen molar-refractivity contribution >= 4 is 5.69 Å². The monoisotopic (exact) mass is 285 g/mol. The number of rotatable bonds is 4. The molecule has 0 unspecified atom stereocenters. The molecule has 0 saturated heterocycles. The van der Waals surface area contributed by atoms with Crippen molar-refractivity contribution in [3.63, 3.8) is 0 Å². The Labute approximate surface area is 131 Å². The lowest BCUT2D eigenvalue weighted by Gasteiger charge is -2.41. The number of hydrogen-bond acceptors (Lipinski definition) is 1. The maximum absolute atomic E-state index is 4.03.